The molecule has 0 saturated carbocycles. The van der Waals surface area contributed by atoms with Gasteiger partial charge >= 0.3 is 0 Å². The van der Waals surface area contributed by atoms with Crippen molar-refractivity contribution in [3.8, 4) is 11.1 Å². The fourth-order valence-electron chi connectivity index (χ4n) is 4.77. The maximum Gasteiger partial charge on any atom is 0.282 e. The molecule has 2 heterocycles. The first-order valence-electron chi connectivity index (χ1n) is 12.5. The number of nitrogens with zero attached hydrogens (tertiary/aromatic N) is 1. The highest BCUT2D eigenvalue weighted by molar-refractivity contribution is 7.90. The van der Waals surface area contributed by atoms with Crippen molar-refractivity contribution in [2.24, 2.45) is 0 Å². The van der Waals surface area contributed by atoms with E-state index in [0.29, 0.717) is 31.5 Å². The number of sulfone groups is 1. The fourth-order valence-corrected chi connectivity index (χ4v) is 7.22. The number of H-pyrrole nitrogens is 1. The zero-order valence-electron chi connectivity index (χ0n) is 22.3. The summed E-state index contributed by atoms with van der Waals surface area (Å²) in [5.41, 5.74) is 0.877. The molecular weight excluding hydrogens is 657 g/mol. The Bertz CT molecular complexity index is 2190. The van der Waals surface area contributed by atoms with Gasteiger partial charge in [-0.05, 0) is 65.7 Å². The van der Waals surface area contributed by atoms with Crippen molar-refractivity contribution in [2.45, 2.75) is 17.2 Å². The highest BCUT2D eigenvalue weighted by atomic mass is 35.5. The number of carbonyl (C=O) groups is 1. The monoisotopic (exact) mass is 677 g/mol. The average Bonchev–Trinajstić information content (AvgIpc) is 3.22. The van der Waals surface area contributed by atoms with Crippen molar-refractivity contribution < 1.29 is 21.6 Å². The van der Waals surface area contributed by atoms with Gasteiger partial charge < -0.3 is 9.55 Å². The molecule has 14 heteroatoms. The van der Waals surface area contributed by atoms with Gasteiger partial charge in [0.1, 0.15) is 5.69 Å². The summed E-state index contributed by atoms with van der Waals surface area (Å²) in [5, 5.41) is 1.46. The topological polar surface area (TPSA) is 135 Å². The van der Waals surface area contributed by atoms with E-state index in [1.54, 1.807) is 41.0 Å². The molecule has 0 radical (unpaired) electrons. The molecule has 0 fully saturated rings. The van der Waals surface area contributed by atoms with Gasteiger partial charge in [-0.3, -0.25) is 9.59 Å². The van der Waals surface area contributed by atoms with Gasteiger partial charge in [0.15, 0.2) is 9.84 Å². The highest BCUT2D eigenvalue weighted by Crippen LogP contribution is 2.37. The lowest BCUT2D eigenvalue weighted by atomic mass is 10.0. The van der Waals surface area contributed by atoms with Crippen LogP contribution in [-0.2, 0) is 32.2 Å². The SMILES string of the molecule is CS(=O)(=O)Cc1cccc(S(=O)(=O)NC(=O)c2c(-c3ccc[nH]c3=O)c3cc(Cl)ccc3n2Cc2ccc(Cl)cc2Cl)c1. The minimum atomic E-state index is -4.51. The molecule has 9 nitrogen and oxygen atoms in total. The molecule has 2 N–H and O–H groups in total. The lowest BCUT2D eigenvalue weighted by molar-refractivity contribution is 0.0974. The molecule has 3 aromatic carbocycles. The number of hydrogen-bond acceptors (Lipinski definition) is 6. The molecular formula is C29H22Cl3N3O6S2. The Morgan fingerprint density at radius 1 is 0.907 bits per heavy atom. The van der Waals surface area contributed by atoms with E-state index < -0.39 is 31.3 Å². The van der Waals surface area contributed by atoms with Crippen LogP contribution in [0.3, 0.4) is 0 Å². The molecule has 0 bridgehead atoms. The van der Waals surface area contributed by atoms with Crippen LogP contribution in [0, 0.1) is 0 Å². The highest BCUT2D eigenvalue weighted by Gasteiger charge is 2.29. The molecule has 0 aliphatic carbocycles. The number of rotatable bonds is 8. The number of aromatic nitrogens is 2. The predicted molar refractivity (Wildman–Crippen MR) is 168 cm³/mol. The van der Waals surface area contributed by atoms with Crippen molar-refractivity contribution in [3.63, 3.8) is 0 Å². The van der Waals surface area contributed by atoms with Crippen LogP contribution < -0.4 is 10.3 Å². The van der Waals surface area contributed by atoms with Crippen molar-refractivity contribution in [3.05, 3.63) is 121 Å². The number of halogens is 3. The van der Waals surface area contributed by atoms with E-state index in [1.807, 2.05) is 0 Å². The van der Waals surface area contributed by atoms with Gasteiger partial charge in [-0.15, -0.1) is 0 Å². The van der Waals surface area contributed by atoms with E-state index in [9.17, 15) is 26.4 Å². The summed E-state index contributed by atoms with van der Waals surface area (Å²) in [6.07, 6.45) is 2.46. The van der Waals surface area contributed by atoms with Crippen molar-refractivity contribution in [1.29, 1.82) is 0 Å². The Balaban J connectivity index is 1.72. The standard InChI is InChI=1S/C29H22Cl3N3O6S2/c1-42(38,39)16-17-4-2-5-21(12-17)43(40,41)34-29(37)27-26(22-6-3-11-33-28(22)36)23-13-19(30)9-10-25(23)35(27)15-18-7-8-20(31)14-24(18)32/h2-14H,15-16H2,1H3,(H,33,36)(H,34,37). The Kier molecular flexibility index (Phi) is 8.47. The molecule has 0 aliphatic heterocycles. The molecule has 222 valence electrons. The predicted octanol–water partition coefficient (Wildman–Crippen LogP) is 5.67. The summed E-state index contributed by atoms with van der Waals surface area (Å²) < 4.78 is 54.1. The summed E-state index contributed by atoms with van der Waals surface area (Å²) in [4.78, 5) is 29.3. The molecule has 0 atom stereocenters. The van der Waals surface area contributed by atoms with Gasteiger partial charge in [-0.1, -0.05) is 53.0 Å². The Morgan fingerprint density at radius 2 is 1.63 bits per heavy atom. The third-order valence-electron chi connectivity index (χ3n) is 6.54. The molecule has 5 rings (SSSR count). The number of hydrogen-bond donors (Lipinski definition) is 2. The Morgan fingerprint density at radius 3 is 2.33 bits per heavy atom. The fraction of sp³-hybridized carbons (Fsp3) is 0.103. The third-order valence-corrected chi connectivity index (χ3v) is 9.54. The second kappa shape index (κ2) is 11.8. The average molecular weight is 679 g/mol. The zero-order valence-corrected chi connectivity index (χ0v) is 26.2. The molecule has 5 aromatic rings. The van der Waals surface area contributed by atoms with E-state index in [-0.39, 0.29) is 39.6 Å². The lowest BCUT2D eigenvalue weighted by Gasteiger charge is -2.14. The number of aromatic amines is 1. The van der Waals surface area contributed by atoms with Crippen LogP contribution in [0.1, 0.15) is 21.6 Å². The summed E-state index contributed by atoms with van der Waals surface area (Å²) in [6, 6.07) is 18.0. The van der Waals surface area contributed by atoms with Crippen molar-refractivity contribution in [1.82, 2.24) is 14.3 Å². The zero-order chi connectivity index (χ0) is 31.1. The van der Waals surface area contributed by atoms with Crippen molar-refractivity contribution in [2.75, 3.05) is 6.26 Å². The van der Waals surface area contributed by atoms with E-state index in [4.69, 9.17) is 34.8 Å². The third kappa shape index (κ3) is 6.66. The van der Waals surface area contributed by atoms with Gasteiger partial charge in [0, 0.05) is 56.1 Å². The van der Waals surface area contributed by atoms with Crippen LogP contribution in [0.25, 0.3) is 22.0 Å². The van der Waals surface area contributed by atoms with E-state index in [2.05, 4.69) is 9.71 Å². The van der Waals surface area contributed by atoms with Crippen LogP contribution in [0.5, 0.6) is 0 Å². The number of pyridine rings is 1. The van der Waals surface area contributed by atoms with Crippen LogP contribution in [-0.4, -0.2) is 38.5 Å². The van der Waals surface area contributed by atoms with Crippen LogP contribution in [0.15, 0.2) is 88.7 Å². The lowest BCUT2D eigenvalue weighted by Crippen LogP contribution is -2.33. The van der Waals surface area contributed by atoms with Gasteiger partial charge in [0.2, 0.25) is 0 Å². The minimum absolute atomic E-state index is 0.00547. The maximum absolute atomic E-state index is 14.1. The van der Waals surface area contributed by atoms with E-state index in [1.165, 1.54) is 42.6 Å². The number of benzene rings is 3. The van der Waals surface area contributed by atoms with Gasteiger partial charge in [0.25, 0.3) is 21.5 Å². The number of amides is 1. The molecule has 0 aliphatic rings. The van der Waals surface area contributed by atoms with Crippen LogP contribution >= 0.6 is 34.8 Å². The van der Waals surface area contributed by atoms with Crippen molar-refractivity contribution >= 4 is 71.5 Å². The number of sulfonamides is 1. The van der Waals surface area contributed by atoms with E-state index >= 15 is 0 Å². The molecule has 0 spiro atoms. The Hall–Kier alpha value is -3.61. The van der Waals surface area contributed by atoms with Gasteiger partial charge in [0.05, 0.1) is 10.6 Å². The summed E-state index contributed by atoms with van der Waals surface area (Å²) in [6.45, 7) is 0.00547. The first-order chi connectivity index (χ1) is 20.2. The van der Waals surface area contributed by atoms with Crippen LogP contribution in [0.4, 0.5) is 0 Å². The molecule has 0 unspecified atom stereocenters. The summed E-state index contributed by atoms with van der Waals surface area (Å²) >= 11 is 18.9. The quantitative estimate of drug-likeness (QED) is 0.217. The number of nitrogens with one attached hydrogen (secondary N) is 2. The van der Waals surface area contributed by atoms with Gasteiger partial charge in [-0.25, -0.2) is 21.6 Å². The normalized spacial score (nSPS) is 12.0. The second-order valence-corrected chi connectivity index (χ2v) is 14.9. The minimum Gasteiger partial charge on any atom is -0.331 e. The number of fused-ring (bicyclic) bond motifs is 1. The number of carbonyl (C=O) groups excluding carboxylic acids is 1. The van der Waals surface area contributed by atoms with E-state index in [0.717, 1.165) is 6.26 Å². The molecule has 0 saturated heterocycles. The smallest absolute Gasteiger partial charge is 0.282 e. The summed E-state index contributed by atoms with van der Waals surface area (Å²) in [5.74, 6) is -1.42. The molecule has 1 amide bonds. The van der Waals surface area contributed by atoms with Gasteiger partial charge in [-0.2, -0.15) is 0 Å². The second-order valence-electron chi connectivity index (χ2n) is 9.77. The largest absolute Gasteiger partial charge is 0.331 e. The molecule has 2 aromatic heterocycles. The first-order valence-corrected chi connectivity index (χ1v) is 17.2. The van der Waals surface area contributed by atoms with Crippen LogP contribution in [0.2, 0.25) is 15.1 Å². The molecule has 43 heavy (non-hydrogen) atoms. The first kappa shape index (κ1) is 30.8. The Labute approximate surface area is 262 Å². The summed E-state index contributed by atoms with van der Waals surface area (Å²) in [7, 11) is -7.96. The maximum atomic E-state index is 14.1.